The Balaban J connectivity index is 1.26. The van der Waals surface area contributed by atoms with Gasteiger partial charge in [-0.3, -0.25) is 14.5 Å². The Hall–Kier alpha value is -3.87. The number of carbonyl (C=O) groups excluding carboxylic acids is 3. The van der Waals surface area contributed by atoms with Crippen molar-refractivity contribution in [2.24, 2.45) is 0 Å². The zero-order valence-electron chi connectivity index (χ0n) is 19.2. The van der Waals surface area contributed by atoms with E-state index < -0.39 is 23.4 Å². The molecule has 5 rings (SSSR count). The normalized spacial score (nSPS) is 20.5. The zero-order valence-corrected chi connectivity index (χ0v) is 19.2. The van der Waals surface area contributed by atoms with Crippen LogP contribution in [0.1, 0.15) is 31.7 Å². The van der Waals surface area contributed by atoms with Crippen molar-refractivity contribution < 1.29 is 14.4 Å². The summed E-state index contributed by atoms with van der Waals surface area (Å²) in [4.78, 5) is 41.9. The fourth-order valence-corrected chi connectivity index (χ4v) is 4.79. The third-order valence-corrected chi connectivity index (χ3v) is 6.78. The van der Waals surface area contributed by atoms with Crippen molar-refractivity contribution in [3.8, 4) is 0 Å². The van der Waals surface area contributed by atoms with E-state index in [9.17, 15) is 14.4 Å². The number of imide groups is 1. The Morgan fingerprint density at radius 3 is 2.38 bits per heavy atom. The van der Waals surface area contributed by atoms with Crippen LogP contribution in [0.2, 0.25) is 0 Å². The van der Waals surface area contributed by atoms with Crippen molar-refractivity contribution in [1.29, 1.82) is 0 Å². The number of nitrogens with zero attached hydrogens (tertiary/aromatic N) is 2. The van der Waals surface area contributed by atoms with Crippen LogP contribution in [-0.2, 0) is 15.1 Å². The van der Waals surface area contributed by atoms with Gasteiger partial charge in [-0.05, 0) is 72.9 Å². The molecule has 2 N–H and O–H groups in total. The van der Waals surface area contributed by atoms with Crippen LogP contribution in [0.4, 0.5) is 16.2 Å². The number of hydrogen-bond acceptors (Lipinski definition) is 4. The molecule has 2 aliphatic heterocycles. The molecular formula is C27H28N4O3. The van der Waals surface area contributed by atoms with Gasteiger partial charge in [-0.2, -0.15) is 0 Å². The molecule has 2 aliphatic rings. The van der Waals surface area contributed by atoms with Crippen molar-refractivity contribution in [2.45, 2.75) is 31.7 Å². The molecule has 2 fully saturated rings. The molecule has 7 heteroatoms. The van der Waals surface area contributed by atoms with Gasteiger partial charge < -0.3 is 15.5 Å². The summed E-state index contributed by atoms with van der Waals surface area (Å²) >= 11 is 0. The second-order valence-electron chi connectivity index (χ2n) is 9.15. The maximum absolute atomic E-state index is 13.2. The van der Waals surface area contributed by atoms with Gasteiger partial charge in [-0.15, -0.1) is 0 Å². The van der Waals surface area contributed by atoms with Crippen LogP contribution in [0.25, 0.3) is 10.8 Å². The number of nitrogens with one attached hydrogen (secondary N) is 2. The summed E-state index contributed by atoms with van der Waals surface area (Å²) in [6.07, 6.45) is 3.67. The average molecular weight is 457 g/mol. The summed E-state index contributed by atoms with van der Waals surface area (Å²) in [6, 6.07) is 20.6. The second kappa shape index (κ2) is 8.82. The number of benzene rings is 3. The molecule has 0 spiro atoms. The quantitative estimate of drug-likeness (QED) is 0.563. The first-order valence-corrected chi connectivity index (χ1v) is 11.7. The molecule has 174 valence electrons. The van der Waals surface area contributed by atoms with Gasteiger partial charge in [0.25, 0.3) is 5.91 Å². The smallest absolute Gasteiger partial charge is 0.325 e. The molecule has 0 unspecified atom stereocenters. The standard InChI is InChI=1S/C27H28N4O3/c1-27(21-10-9-19-7-3-4-8-20(19)17-21)25(33)31(26(34)29-27)18-24(32)28-22-11-13-23(14-12-22)30-15-5-2-6-16-30/h3-4,7-14,17H,2,5-6,15-16,18H2,1H3,(H,28,32)(H,29,34)/t27-/m1/s1. The van der Waals surface area contributed by atoms with Gasteiger partial charge in [0.15, 0.2) is 0 Å². The molecule has 3 aromatic rings. The molecule has 34 heavy (non-hydrogen) atoms. The van der Waals surface area contributed by atoms with E-state index in [1.165, 1.54) is 19.3 Å². The second-order valence-corrected chi connectivity index (χ2v) is 9.15. The predicted octanol–water partition coefficient (Wildman–Crippen LogP) is 4.24. The lowest BCUT2D eigenvalue weighted by atomic mass is 9.90. The van der Waals surface area contributed by atoms with E-state index in [4.69, 9.17) is 0 Å². The molecule has 3 aromatic carbocycles. The Bertz CT molecular complexity index is 1250. The number of hydrogen-bond donors (Lipinski definition) is 2. The summed E-state index contributed by atoms with van der Waals surface area (Å²) in [5.41, 5.74) is 1.23. The zero-order chi connectivity index (χ0) is 23.7. The summed E-state index contributed by atoms with van der Waals surface area (Å²) in [7, 11) is 0. The van der Waals surface area contributed by atoms with E-state index in [1.807, 2.05) is 66.7 Å². The number of urea groups is 1. The predicted molar refractivity (Wildman–Crippen MR) is 133 cm³/mol. The van der Waals surface area contributed by atoms with Gasteiger partial charge in [0, 0.05) is 24.5 Å². The van der Waals surface area contributed by atoms with E-state index in [2.05, 4.69) is 15.5 Å². The number of amides is 4. The topological polar surface area (TPSA) is 81.8 Å². The van der Waals surface area contributed by atoms with Gasteiger partial charge in [-0.25, -0.2) is 4.79 Å². The third kappa shape index (κ3) is 4.09. The fourth-order valence-electron chi connectivity index (χ4n) is 4.79. The minimum atomic E-state index is -1.22. The minimum Gasteiger partial charge on any atom is -0.372 e. The van der Waals surface area contributed by atoms with E-state index >= 15 is 0 Å². The molecule has 4 amide bonds. The van der Waals surface area contributed by atoms with Crippen molar-refractivity contribution >= 4 is 40.0 Å². The van der Waals surface area contributed by atoms with E-state index in [0.29, 0.717) is 11.3 Å². The molecule has 2 heterocycles. The SMILES string of the molecule is C[C@]1(c2ccc3ccccc3c2)NC(=O)N(CC(=O)Nc2ccc(N3CCCCC3)cc2)C1=O. The van der Waals surface area contributed by atoms with Gasteiger partial charge in [0.05, 0.1) is 0 Å². The van der Waals surface area contributed by atoms with Gasteiger partial charge in [-0.1, -0.05) is 36.4 Å². The summed E-state index contributed by atoms with van der Waals surface area (Å²) in [5.74, 6) is -0.861. The van der Waals surface area contributed by atoms with Crippen LogP contribution in [-0.4, -0.2) is 42.4 Å². The van der Waals surface area contributed by atoms with E-state index in [-0.39, 0.29) is 6.54 Å². The molecule has 1 atom stereocenters. The Morgan fingerprint density at radius 2 is 1.65 bits per heavy atom. The lowest BCUT2D eigenvalue weighted by Gasteiger charge is -2.28. The number of carbonyl (C=O) groups is 3. The Labute approximate surface area is 198 Å². The maximum Gasteiger partial charge on any atom is 0.325 e. The van der Waals surface area contributed by atoms with Gasteiger partial charge in [0.2, 0.25) is 5.91 Å². The minimum absolute atomic E-state index is 0.346. The first-order valence-electron chi connectivity index (χ1n) is 11.7. The van der Waals surface area contributed by atoms with E-state index in [0.717, 1.165) is 34.4 Å². The molecule has 0 aromatic heterocycles. The fraction of sp³-hybridized carbons (Fsp3) is 0.296. The maximum atomic E-state index is 13.2. The lowest BCUT2D eigenvalue weighted by Crippen LogP contribution is -2.42. The number of anilines is 2. The van der Waals surface area contributed by atoms with Crippen LogP contribution in [0.5, 0.6) is 0 Å². The highest BCUT2D eigenvalue weighted by molar-refractivity contribution is 6.10. The number of rotatable bonds is 5. The van der Waals surface area contributed by atoms with Gasteiger partial charge >= 0.3 is 6.03 Å². The highest BCUT2D eigenvalue weighted by Gasteiger charge is 2.49. The first-order chi connectivity index (χ1) is 16.4. The number of fused-ring (bicyclic) bond motifs is 1. The average Bonchev–Trinajstić information content (AvgIpc) is 3.08. The van der Waals surface area contributed by atoms with E-state index in [1.54, 1.807) is 6.92 Å². The third-order valence-electron chi connectivity index (χ3n) is 6.78. The summed E-state index contributed by atoms with van der Waals surface area (Å²) in [6.45, 7) is 3.43. The highest BCUT2D eigenvalue weighted by atomic mass is 16.2. The van der Waals surface area contributed by atoms with Crippen LogP contribution >= 0.6 is 0 Å². The lowest BCUT2D eigenvalue weighted by molar-refractivity contribution is -0.133. The van der Waals surface area contributed by atoms with Crippen molar-refractivity contribution in [3.05, 3.63) is 72.3 Å². The first kappa shape index (κ1) is 21.9. The Morgan fingerprint density at radius 1 is 0.941 bits per heavy atom. The summed E-state index contributed by atoms with van der Waals surface area (Å²) < 4.78 is 0. The molecule has 0 saturated carbocycles. The van der Waals surface area contributed by atoms with Crippen molar-refractivity contribution in [1.82, 2.24) is 10.2 Å². The molecule has 2 saturated heterocycles. The largest absolute Gasteiger partial charge is 0.372 e. The summed E-state index contributed by atoms with van der Waals surface area (Å²) in [5, 5.41) is 7.61. The van der Waals surface area contributed by atoms with Crippen LogP contribution in [0.3, 0.4) is 0 Å². The highest BCUT2D eigenvalue weighted by Crippen LogP contribution is 2.31. The molecule has 0 aliphatic carbocycles. The monoisotopic (exact) mass is 456 g/mol. The molecule has 0 radical (unpaired) electrons. The Kier molecular flexibility index (Phi) is 5.69. The van der Waals surface area contributed by atoms with Crippen LogP contribution < -0.4 is 15.5 Å². The van der Waals surface area contributed by atoms with Gasteiger partial charge in [0.1, 0.15) is 12.1 Å². The van der Waals surface area contributed by atoms with Crippen molar-refractivity contribution in [2.75, 3.05) is 29.9 Å². The number of piperidine rings is 1. The van der Waals surface area contributed by atoms with Crippen LogP contribution in [0.15, 0.2) is 66.7 Å². The molecule has 0 bridgehead atoms. The molecule has 7 nitrogen and oxygen atoms in total. The molecular weight excluding hydrogens is 428 g/mol. The van der Waals surface area contributed by atoms with Crippen molar-refractivity contribution in [3.63, 3.8) is 0 Å². The van der Waals surface area contributed by atoms with Crippen LogP contribution in [0, 0.1) is 0 Å².